The molecule has 7 rings (SSSR count). The van der Waals surface area contributed by atoms with Crippen molar-refractivity contribution in [3.05, 3.63) is 52.0 Å². The number of hydrogen-bond donors (Lipinski definition) is 2. The number of likely N-dealkylation sites (tertiary alicyclic amines) is 1. The van der Waals surface area contributed by atoms with Crippen molar-refractivity contribution in [1.29, 1.82) is 5.26 Å². The normalized spacial score (nSPS) is 22.8. The van der Waals surface area contributed by atoms with E-state index in [0.29, 0.717) is 23.6 Å². The highest BCUT2D eigenvalue weighted by atomic mass is 32.1. The fourth-order valence-corrected chi connectivity index (χ4v) is 6.52. The van der Waals surface area contributed by atoms with Gasteiger partial charge >= 0.3 is 0 Å². The molecule has 1 saturated heterocycles. The van der Waals surface area contributed by atoms with Gasteiger partial charge in [-0.05, 0) is 41.7 Å². The number of nitrogens with one attached hydrogen (secondary N) is 1. The number of pyridine rings is 1. The number of aliphatic imine (C=N–C) groups is 1. The van der Waals surface area contributed by atoms with Crippen LogP contribution in [-0.2, 0) is 4.74 Å². The van der Waals surface area contributed by atoms with E-state index in [9.17, 15) is 9.65 Å². The van der Waals surface area contributed by atoms with Crippen molar-refractivity contribution in [1.82, 2.24) is 15.2 Å². The topological polar surface area (TPSA) is 99.6 Å². The third-order valence-electron chi connectivity index (χ3n) is 8.45. The maximum Gasteiger partial charge on any atom is 0.199 e. The molecule has 3 N–H and O–H groups in total. The Kier molecular flexibility index (Phi) is 6.47. The van der Waals surface area contributed by atoms with Crippen LogP contribution in [0.2, 0.25) is 0 Å². The van der Waals surface area contributed by atoms with Gasteiger partial charge in [0, 0.05) is 35.8 Å². The molecule has 204 valence electrons. The first-order valence-electron chi connectivity index (χ1n) is 13.5. The molecule has 2 aromatic rings. The molecule has 1 atom stereocenters. The minimum Gasteiger partial charge on any atom is -0.389 e. The number of halogens is 2. The molecule has 5 aliphatic rings. The first-order chi connectivity index (χ1) is 18.8. The summed E-state index contributed by atoms with van der Waals surface area (Å²) >= 11 is 0.973. The van der Waals surface area contributed by atoms with Gasteiger partial charge in [-0.1, -0.05) is 27.2 Å². The lowest BCUT2D eigenvalue weighted by atomic mass is 9.82. The molecule has 2 aromatic heterocycles. The number of rotatable bonds is 2. The highest BCUT2D eigenvalue weighted by Gasteiger charge is 2.49. The van der Waals surface area contributed by atoms with E-state index in [4.69, 9.17) is 15.5 Å². The van der Waals surface area contributed by atoms with Crippen molar-refractivity contribution in [3.8, 4) is 6.07 Å². The Hall–Kier alpha value is -3.29. The van der Waals surface area contributed by atoms with E-state index in [1.807, 2.05) is 12.3 Å². The van der Waals surface area contributed by atoms with E-state index in [0.717, 1.165) is 54.1 Å². The number of guanidine groups is 1. The molecule has 10 heteroatoms. The van der Waals surface area contributed by atoms with E-state index in [2.05, 4.69) is 36.0 Å². The van der Waals surface area contributed by atoms with E-state index in [1.54, 1.807) is 0 Å². The van der Waals surface area contributed by atoms with Gasteiger partial charge in [0.05, 0.1) is 35.4 Å². The zero-order valence-electron chi connectivity index (χ0n) is 22.4. The predicted molar refractivity (Wildman–Crippen MR) is 150 cm³/mol. The fraction of sp³-hybridized carbons (Fsp3) is 0.483. The van der Waals surface area contributed by atoms with Crippen molar-refractivity contribution in [2.45, 2.75) is 52.5 Å². The van der Waals surface area contributed by atoms with E-state index >= 15 is 4.39 Å². The second-order valence-electron chi connectivity index (χ2n) is 11.4. The Morgan fingerprint density at radius 1 is 1.28 bits per heavy atom. The molecule has 1 unspecified atom stereocenters. The second kappa shape index (κ2) is 9.72. The third kappa shape index (κ3) is 4.32. The van der Waals surface area contributed by atoms with Crippen LogP contribution in [0.3, 0.4) is 0 Å². The van der Waals surface area contributed by atoms with Crippen LogP contribution in [0.15, 0.2) is 39.9 Å². The summed E-state index contributed by atoms with van der Waals surface area (Å²) < 4.78 is 36.8. The molecule has 5 heterocycles. The molecule has 1 spiro atoms. The number of anilines is 1. The summed E-state index contributed by atoms with van der Waals surface area (Å²) in [5.41, 5.74) is 9.23. The molecule has 3 aliphatic heterocycles. The highest BCUT2D eigenvalue weighted by Crippen LogP contribution is 2.53. The Morgan fingerprint density at radius 3 is 2.69 bits per heavy atom. The van der Waals surface area contributed by atoms with Gasteiger partial charge < -0.3 is 20.7 Å². The highest BCUT2D eigenvalue weighted by molar-refractivity contribution is 7.23. The maximum absolute atomic E-state index is 16.4. The van der Waals surface area contributed by atoms with Gasteiger partial charge in [-0.2, -0.15) is 5.26 Å². The van der Waals surface area contributed by atoms with Crippen molar-refractivity contribution in [2.75, 3.05) is 32.0 Å². The Bertz CT molecular complexity index is 1520. The van der Waals surface area contributed by atoms with Crippen LogP contribution in [0.4, 0.5) is 13.8 Å². The summed E-state index contributed by atoms with van der Waals surface area (Å²) in [6.45, 7) is 9.01. The average molecular weight is 551 g/mol. The van der Waals surface area contributed by atoms with Crippen molar-refractivity contribution >= 4 is 38.0 Å². The summed E-state index contributed by atoms with van der Waals surface area (Å²) in [7, 11) is 0. The van der Waals surface area contributed by atoms with Crippen LogP contribution in [0.25, 0.3) is 15.7 Å². The SMILES string of the molecule is CCC(C)C.N#Cc1c(N)sc2c(F)cnc(C3=C(F)C4N=C(N5CCC6(CC6)C5)NC=C4C4=C3COC4)c12. The molecule has 0 bridgehead atoms. The Labute approximate surface area is 230 Å². The molecule has 0 radical (unpaired) electrons. The zero-order chi connectivity index (χ0) is 27.5. The molecular weight excluding hydrogens is 518 g/mol. The zero-order valence-corrected chi connectivity index (χ0v) is 23.2. The maximum atomic E-state index is 16.4. The van der Waals surface area contributed by atoms with Gasteiger partial charge in [-0.3, -0.25) is 4.98 Å². The molecule has 39 heavy (non-hydrogen) atoms. The van der Waals surface area contributed by atoms with Crippen molar-refractivity contribution < 1.29 is 13.5 Å². The lowest BCUT2D eigenvalue weighted by Crippen LogP contribution is -2.42. The molecule has 7 nitrogen and oxygen atoms in total. The largest absolute Gasteiger partial charge is 0.389 e. The summed E-state index contributed by atoms with van der Waals surface area (Å²) in [4.78, 5) is 11.3. The fourth-order valence-electron chi connectivity index (χ4n) is 5.60. The minimum absolute atomic E-state index is 0.117. The van der Waals surface area contributed by atoms with E-state index in [1.165, 1.54) is 19.3 Å². The number of aromatic nitrogens is 1. The summed E-state index contributed by atoms with van der Waals surface area (Å²) in [6.07, 6.45) is 7.82. The van der Waals surface area contributed by atoms with Crippen molar-refractivity contribution in [3.63, 3.8) is 0 Å². The van der Waals surface area contributed by atoms with Gasteiger partial charge in [0.15, 0.2) is 11.8 Å². The molecule has 0 aromatic carbocycles. The molecule has 0 amide bonds. The smallest absolute Gasteiger partial charge is 0.199 e. The number of fused-ring (bicyclic) bond motifs is 3. The van der Waals surface area contributed by atoms with Crippen LogP contribution in [0.1, 0.15) is 57.7 Å². The Balaban J connectivity index is 0.000000510. The van der Waals surface area contributed by atoms with Gasteiger partial charge in [0.2, 0.25) is 0 Å². The Morgan fingerprint density at radius 2 is 2.03 bits per heavy atom. The number of nitriles is 1. The lowest BCUT2D eigenvalue weighted by molar-refractivity contribution is 0.207. The number of thiophene rings is 1. The predicted octanol–water partition coefficient (Wildman–Crippen LogP) is 5.66. The van der Waals surface area contributed by atoms with Crippen LogP contribution < -0.4 is 11.1 Å². The van der Waals surface area contributed by atoms with Crippen LogP contribution >= 0.6 is 11.3 Å². The molecule has 1 saturated carbocycles. The van der Waals surface area contributed by atoms with Crippen LogP contribution in [0, 0.1) is 28.5 Å². The second-order valence-corrected chi connectivity index (χ2v) is 12.4. The monoisotopic (exact) mass is 550 g/mol. The number of hydrogen-bond acceptors (Lipinski definition) is 8. The first kappa shape index (κ1) is 26.0. The standard InChI is InChI=1S/C24H20F2N6OS.C5H12/c25-15-7-29-20(17-11(5-27)22(28)34-21(15)17)16-14-9-33-8-13(14)12-6-30-23(31-19(12)18(16)26)32-4-3-24(10-32)1-2-24;1-4-5(2)3/h6-7,19H,1-4,8-10,28H2,(H,30,31);5H,4H2,1-3H3. The molecule has 2 aliphatic carbocycles. The average Bonchev–Trinajstić information content (AvgIpc) is 3.24. The number of nitrogens with two attached hydrogens (primary N) is 1. The molecular formula is C29H32F2N6OS. The third-order valence-corrected chi connectivity index (χ3v) is 9.47. The van der Waals surface area contributed by atoms with E-state index in [-0.39, 0.29) is 38.5 Å². The number of ether oxygens (including phenoxy) is 1. The quantitative estimate of drug-likeness (QED) is 0.501. The first-order valence-corrected chi connectivity index (χ1v) is 14.3. The summed E-state index contributed by atoms with van der Waals surface area (Å²) in [6, 6.07) is 1.20. The number of nitrogen functional groups attached to an aromatic ring is 1. The van der Waals surface area contributed by atoms with Gasteiger partial charge in [-0.15, -0.1) is 11.3 Å². The van der Waals surface area contributed by atoms with E-state index < -0.39 is 17.7 Å². The molecule has 2 fully saturated rings. The lowest BCUT2D eigenvalue weighted by Gasteiger charge is -2.31. The van der Waals surface area contributed by atoms with Gasteiger partial charge in [-0.25, -0.2) is 13.8 Å². The number of nitrogens with zero attached hydrogens (tertiary/aromatic N) is 4. The van der Waals surface area contributed by atoms with Crippen LogP contribution in [-0.4, -0.2) is 48.2 Å². The summed E-state index contributed by atoms with van der Waals surface area (Å²) in [5, 5.41) is 13.4. The van der Waals surface area contributed by atoms with Gasteiger partial charge in [0.1, 0.15) is 22.9 Å². The van der Waals surface area contributed by atoms with Gasteiger partial charge in [0.25, 0.3) is 0 Å². The minimum atomic E-state index is -0.842. The van der Waals surface area contributed by atoms with Crippen molar-refractivity contribution in [2.24, 2.45) is 16.3 Å². The summed E-state index contributed by atoms with van der Waals surface area (Å²) in [5.74, 6) is 0.500. The van der Waals surface area contributed by atoms with Crippen LogP contribution in [0.5, 0.6) is 0 Å².